The lowest BCUT2D eigenvalue weighted by atomic mass is 9.92. The highest BCUT2D eigenvalue weighted by molar-refractivity contribution is 9.10. The van der Waals surface area contributed by atoms with Gasteiger partial charge < -0.3 is 10.2 Å². The number of amides is 2. The molecule has 45 heavy (non-hydrogen) atoms. The molecular formula is C29H16BrF11N2O2. The van der Waals surface area contributed by atoms with Gasteiger partial charge in [0.15, 0.2) is 5.82 Å². The summed E-state index contributed by atoms with van der Waals surface area (Å²) >= 11 is 2.37. The van der Waals surface area contributed by atoms with E-state index in [0.29, 0.717) is 5.39 Å². The maximum Gasteiger partial charge on any atom is 0.435 e. The van der Waals surface area contributed by atoms with Crippen molar-refractivity contribution in [3.05, 3.63) is 105 Å². The Morgan fingerprint density at radius 3 is 1.93 bits per heavy atom. The molecule has 0 spiro atoms. The first-order valence-corrected chi connectivity index (χ1v) is 13.1. The van der Waals surface area contributed by atoms with Crippen LogP contribution in [0.15, 0.2) is 77.3 Å². The minimum Gasteiger partial charge on any atom is -0.320 e. The average molecular weight is 713 g/mol. The van der Waals surface area contributed by atoms with E-state index < -0.39 is 80.4 Å². The van der Waals surface area contributed by atoms with E-state index in [1.165, 1.54) is 12.1 Å². The molecule has 0 saturated heterocycles. The van der Waals surface area contributed by atoms with E-state index >= 15 is 4.39 Å². The molecule has 0 unspecified atom stereocenters. The predicted molar refractivity (Wildman–Crippen MR) is 145 cm³/mol. The molecule has 0 fully saturated rings. The normalized spacial score (nSPS) is 12.7. The molecule has 4 aromatic carbocycles. The van der Waals surface area contributed by atoms with Gasteiger partial charge in [-0.25, -0.2) is 8.78 Å². The molecular weight excluding hydrogens is 697 g/mol. The summed E-state index contributed by atoms with van der Waals surface area (Å²) in [6, 6.07) is 13.6. The van der Waals surface area contributed by atoms with Crippen LogP contribution in [-0.4, -0.2) is 31.2 Å². The summed E-state index contributed by atoms with van der Waals surface area (Å²) in [5, 5.41) is 3.09. The van der Waals surface area contributed by atoms with Gasteiger partial charge in [0.1, 0.15) is 0 Å². The molecule has 238 valence electrons. The van der Waals surface area contributed by atoms with Gasteiger partial charge in [0.2, 0.25) is 0 Å². The summed E-state index contributed by atoms with van der Waals surface area (Å²) in [5.41, 5.74) is -13.7. The zero-order chi connectivity index (χ0) is 33.7. The average Bonchev–Trinajstić information content (AvgIpc) is 2.94. The highest BCUT2D eigenvalue weighted by Gasteiger charge is 2.73. The van der Waals surface area contributed by atoms with Gasteiger partial charge in [0, 0.05) is 22.6 Å². The number of nitrogens with zero attached hydrogens (tertiary/aromatic N) is 1. The Kier molecular flexibility index (Phi) is 8.69. The van der Waals surface area contributed by atoms with Crippen LogP contribution < -0.4 is 10.2 Å². The predicted octanol–water partition coefficient (Wildman–Crippen LogP) is 9.58. The van der Waals surface area contributed by atoms with Crippen molar-refractivity contribution in [2.75, 3.05) is 17.3 Å². The molecule has 16 heteroatoms. The van der Waals surface area contributed by atoms with Gasteiger partial charge in [0.25, 0.3) is 11.8 Å². The van der Waals surface area contributed by atoms with Crippen molar-refractivity contribution in [3.63, 3.8) is 0 Å². The second kappa shape index (κ2) is 11.6. The third-order valence-electron chi connectivity index (χ3n) is 6.70. The highest BCUT2D eigenvalue weighted by atomic mass is 79.9. The van der Waals surface area contributed by atoms with E-state index in [1.807, 2.05) is 0 Å². The SMILES string of the molecule is CN(C(=O)c1ccc2ccccc2c1)c1cccc(C(=O)Nc2c(Br)cc(C(F)(C(F)(F)F)C(F)(F)F)cc2C(F)(F)F)c1F. The summed E-state index contributed by atoms with van der Waals surface area (Å²) in [5.74, 6) is -3.76. The topological polar surface area (TPSA) is 49.4 Å². The number of benzene rings is 4. The van der Waals surface area contributed by atoms with Gasteiger partial charge in [-0.1, -0.05) is 36.4 Å². The Hall–Kier alpha value is -4.21. The Morgan fingerprint density at radius 2 is 1.36 bits per heavy atom. The summed E-state index contributed by atoms with van der Waals surface area (Å²) in [6.45, 7) is 0. The minimum absolute atomic E-state index is 0.117. The standard InChI is InChI=1S/C29H16BrF11N2O2/c1-43(25(45)16-10-9-14-5-2-3-6-15(14)11-16)21-8-4-7-18(22(21)31)24(44)42-23-19(27(33,34)35)12-17(13-20(23)30)26(32,28(36,37)38)29(39,40)41/h2-13H,1H3,(H,42,44). The van der Waals surface area contributed by atoms with Crippen molar-refractivity contribution < 1.29 is 57.9 Å². The van der Waals surface area contributed by atoms with Crippen LogP contribution in [0.1, 0.15) is 31.8 Å². The Morgan fingerprint density at radius 1 is 0.756 bits per heavy atom. The first kappa shape index (κ1) is 33.7. The molecule has 2 amide bonds. The number of fused-ring (bicyclic) bond motifs is 1. The molecule has 4 nitrogen and oxygen atoms in total. The lowest BCUT2D eigenvalue weighted by Crippen LogP contribution is -2.50. The fraction of sp³-hybridized carbons (Fsp3) is 0.172. The molecule has 4 rings (SSSR count). The van der Waals surface area contributed by atoms with Crippen LogP contribution in [0.25, 0.3) is 10.8 Å². The van der Waals surface area contributed by atoms with Crippen molar-refractivity contribution in [2.24, 2.45) is 0 Å². The molecule has 0 heterocycles. The van der Waals surface area contributed by atoms with Gasteiger partial charge in [-0.2, -0.15) is 39.5 Å². The highest BCUT2D eigenvalue weighted by Crippen LogP contribution is 2.55. The van der Waals surface area contributed by atoms with Gasteiger partial charge in [0.05, 0.1) is 22.5 Å². The molecule has 0 aliphatic heterocycles. The molecule has 0 aliphatic rings. The zero-order valence-electron chi connectivity index (χ0n) is 22.2. The summed E-state index contributed by atoms with van der Waals surface area (Å²) in [4.78, 5) is 26.9. The maximum atomic E-state index is 15.5. The van der Waals surface area contributed by atoms with Crippen molar-refractivity contribution >= 4 is 49.9 Å². The Balaban J connectivity index is 1.73. The Bertz CT molecular complexity index is 1790. The number of halogens is 12. The van der Waals surface area contributed by atoms with Crippen LogP contribution >= 0.6 is 15.9 Å². The van der Waals surface area contributed by atoms with E-state index in [-0.39, 0.29) is 11.6 Å². The van der Waals surface area contributed by atoms with E-state index in [0.717, 1.165) is 35.5 Å². The second-order valence-corrected chi connectivity index (χ2v) is 10.4. The molecule has 0 bridgehead atoms. The smallest absolute Gasteiger partial charge is 0.320 e. The molecule has 0 saturated carbocycles. The number of carbonyl (C=O) groups excluding carboxylic acids is 2. The van der Waals surface area contributed by atoms with Gasteiger partial charge in [-0.05, 0) is 63.1 Å². The van der Waals surface area contributed by atoms with Crippen LogP contribution in [0.4, 0.5) is 59.7 Å². The fourth-order valence-electron chi connectivity index (χ4n) is 4.40. The largest absolute Gasteiger partial charge is 0.435 e. The van der Waals surface area contributed by atoms with Gasteiger partial charge >= 0.3 is 24.2 Å². The third-order valence-corrected chi connectivity index (χ3v) is 7.32. The van der Waals surface area contributed by atoms with E-state index in [1.54, 1.807) is 35.6 Å². The molecule has 4 aromatic rings. The fourth-order valence-corrected chi connectivity index (χ4v) is 4.96. The second-order valence-electron chi connectivity index (χ2n) is 9.55. The lowest BCUT2D eigenvalue weighted by Gasteiger charge is -2.31. The zero-order valence-corrected chi connectivity index (χ0v) is 23.8. The number of carbonyl (C=O) groups is 2. The third kappa shape index (κ3) is 6.19. The Labute approximate surface area is 254 Å². The van der Waals surface area contributed by atoms with Crippen LogP contribution in [0.5, 0.6) is 0 Å². The monoisotopic (exact) mass is 712 g/mol. The van der Waals surface area contributed by atoms with Crippen molar-refractivity contribution in [2.45, 2.75) is 24.2 Å². The number of nitrogens with one attached hydrogen (secondary N) is 1. The van der Waals surface area contributed by atoms with E-state index in [9.17, 15) is 53.5 Å². The number of hydrogen-bond acceptors (Lipinski definition) is 2. The molecule has 1 N–H and O–H groups in total. The maximum absolute atomic E-state index is 15.5. The van der Waals surface area contributed by atoms with Crippen LogP contribution in [-0.2, 0) is 11.8 Å². The lowest BCUT2D eigenvalue weighted by molar-refractivity contribution is -0.348. The first-order chi connectivity index (χ1) is 20.7. The number of hydrogen-bond donors (Lipinski definition) is 1. The van der Waals surface area contributed by atoms with Crippen molar-refractivity contribution in [1.29, 1.82) is 0 Å². The van der Waals surface area contributed by atoms with Crippen molar-refractivity contribution in [3.8, 4) is 0 Å². The molecule has 0 radical (unpaired) electrons. The number of rotatable bonds is 5. The van der Waals surface area contributed by atoms with Gasteiger partial charge in [-0.15, -0.1) is 0 Å². The van der Waals surface area contributed by atoms with E-state index in [4.69, 9.17) is 0 Å². The summed E-state index contributed by atoms with van der Waals surface area (Å²) in [7, 11) is 1.15. The van der Waals surface area contributed by atoms with Crippen LogP contribution in [0.2, 0.25) is 0 Å². The number of alkyl halides is 10. The minimum atomic E-state index is -6.72. The van der Waals surface area contributed by atoms with Crippen LogP contribution in [0.3, 0.4) is 0 Å². The summed E-state index contributed by atoms with van der Waals surface area (Å²) in [6.07, 6.45) is -19.2. The summed E-state index contributed by atoms with van der Waals surface area (Å²) < 4.78 is 150. The number of anilines is 2. The quantitative estimate of drug-likeness (QED) is 0.210. The van der Waals surface area contributed by atoms with Crippen molar-refractivity contribution in [1.82, 2.24) is 0 Å². The van der Waals surface area contributed by atoms with Gasteiger partial charge in [-0.3, -0.25) is 9.59 Å². The first-order valence-electron chi connectivity index (χ1n) is 12.3. The molecule has 0 aliphatic carbocycles. The molecule has 0 aromatic heterocycles. The molecule has 0 atom stereocenters. The van der Waals surface area contributed by atoms with Crippen LogP contribution in [0, 0.1) is 5.82 Å². The van der Waals surface area contributed by atoms with E-state index in [2.05, 4.69) is 15.9 Å².